The molecule has 0 atom stereocenters. The van der Waals surface area contributed by atoms with Crippen LogP contribution in [-0.2, 0) is 9.59 Å². The average molecular weight is 660 g/mol. The first kappa shape index (κ1) is 31.0. The number of hydrogen-bond donors (Lipinski definition) is 3. The van der Waals surface area contributed by atoms with Gasteiger partial charge < -0.3 is 16.0 Å². The van der Waals surface area contributed by atoms with Crippen LogP contribution in [0.25, 0.3) is 17.3 Å². The molecule has 0 bridgehead atoms. The molecule has 220 valence electrons. The third-order valence-electron chi connectivity index (χ3n) is 6.06. The highest BCUT2D eigenvalue weighted by Crippen LogP contribution is 2.27. The van der Waals surface area contributed by atoms with E-state index in [1.54, 1.807) is 91.0 Å². The predicted octanol–water partition coefficient (Wildman–Crippen LogP) is 8.26. The molecule has 0 radical (unpaired) electrons. The summed E-state index contributed by atoms with van der Waals surface area (Å²) in [5.74, 6) is -0.998. The Hall–Kier alpha value is -4.41. The van der Waals surface area contributed by atoms with Crippen LogP contribution in [0.1, 0.15) is 15.9 Å². The van der Waals surface area contributed by atoms with E-state index in [0.29, 0.717) is 32.0 Å². The van der Waals surface area contributed by atoms with Crippen molar-refractivity contribution in [1.82, 2.24) is 10.3 Å². The van der Waals surface area contributed by atoms with E-state index < -0.39 is 11.8 Å². The molecule has 1 aromatic heterocycles. The molecule has 0 saturated heterocycles. The molecular weight excluding hydrogens is 635 g/mol. The van der Waals surface area contributed by atoms with Crippen molar-refractivity contribution in [1.29, 1.82) is 0 Å². The van der Waals surface area contributed by atoms with Gasteiger partial charge in [0.15, 0.2) is 5.13 Å². The predicted molar refractivity (Wildman–Crippen MR) is 180 cm³/mol. The number of rotatable bonds is 10. The van der Waals surface area contributed by atoms with Crippen molar-refractivity contribution in [3.63, 3.8) is 0 Å². The maximum Gasteiger partial charge on any atom is 0.272 e. The number of nitrogens with zero attached hydrogens (tertiary/aromatic N) is 1. The average Bonchev–Trinajstić information content (AvgIpc) is 3.50. The zero-order chi connectivity index (χ0) is 30.9. The van der Waals surface area contributed by atoms with Crippen LogP contribution >= 0.6 is 46.3 Å². The first-order valence-electron chi connectivity index (χ1n) is 13.2. The second-order valence-electron chi connectivity index (χ2n) is 9.29. The number of amides is 3. The summed E-state index contributed by atoms with van der Waals surface area (Å²) in [6.07, 6.45) is 1.58. The Balaban J connectivity index is 1.22. The number of carbonyl (C=O) groups is 3. The molecule has 5 aromatic rings. The molecule has 1 heterocycles. The Morgan fingerprint density at radius 1 is 0.818 bits per heavy atom. The number of hydrogen-bond acceptors (Lipinski definition) is 6. The first-order valence-corrected chi connectivity index (χ1v) is 15.8. The van der Waals surface area contributed by atoms with Gasteiger partial charge in [0.25, 0.3) is 11.8 Å². The summed E-state index contributed by atoms with van der Waals surface area (Å²) in [6, 6.07) is 30.0. The quantitative estimate of drug-likeness (QED) is 0.104. The van der Waals surface area contributed by atoms with Gasteiger partial charge in [-0.2, -0.15) is 0 Å². The van der Waals surface area contributed by atoms with Gasteiger partial charge in [-0.15, -0.1) is 23.1 Å². The number of aromatic nitrogens is 1. The molecule has 4 aromatic carbocycles. The SMILES string of the molecule is O=C(CSc1cccc(NC(=O)/C(=C/c2ccc(Cl)cc2)NC(=O)c2ccccc2)c1)Nc1nc(-c2ccc(Cl)cc2)cs1. The summed E-state index contributed by atoms with van der Waals surface area (Å²) in [4.78, 5) is 44.1. The second-order valence-corrected chi connectivity index (χ2v) is 12.1. The van der Waals surface area contributed by atoms with Crippen molar-refractivity contribution >= 4 is 80.9 Å². The van der Waals surface area contributed by atoms with Crippen molar-refractivity contribution in [2.24, 2.45) is 0 Å². The molecule has 7 nitrogen and oxygen atoms in total. The third kappa shape index (κ3) is 8.81. The van der Waals surface area contributed by atoms with E-state index in [4.69, 9.17) is 23.2 Å². The zero-order valence-corrected chi connectivity index (χ0v) is 26.1. The molecule has 3 amide bonds. The van der Waals surface area contributed by atoms with Crippen LogP contribution < -0.4 is 16.0 Å². The van der Waals surface area contributed by atoms with E-state index in [1.807, 2.05) is 23.6 Å². The van der Waals surface area contributed by atoms with Crippen LogP contribution in [0.3, 0.4) is 0 Å². The number of carbonyl (C=O) groups excluding carboxylic acids is 3. The standard InChI is InChI=1S/C33H24Cl2N4O3S2/c34-24-13-9-21(10-14-24)17-28(37-31(41)23-5-2-1-3-6-23)32(42)36-26-7-4-8-27(18-26)43-20-30(40)39-33-38-29(19-44-33)22-11-15-25(35)16-12-22/h1-19H,20H2,(H,36,42)(H,37,41)(H,38,39,40)/b28-17-. The first-order chi connectivity index (χ1) is 21.3. The molecule has 0 unspecified atom stereocenters. The van der Waals surface area contributed by atoms with Crippen LogP contribution in [0, 0.1) is 0 Å². The molecule has 5 rings (SSSR count). The normalized spacial score (nSPS) is 11.1. The van der Waals surface area contributed by atoms with Crippen molar-refractivity contribution in [2.45, 2.75) is 4.90 Å². The fourth-order valence-corrected chi connectivity index (χ4v) is 5.66. The lowest BCUT2D eigenvalue weighted by Gasteiger charge is -2.12. The number of halogens is 2. The summed E-state index contributed by atoms with van der Waals surface area (Å²) in [6.45, 7) is 0. The summed E-state index contributed by atoms with van der Waals surface area (Å²) in [5.41, 5.74) is 3.32. The van der Waals surface area contributed by atoms with E-state index in [9.17, 15) is 14.4 Å². The molecule has 0 aliphatic rings. The minimum atomic E-state index is -0.510. The van der Waals surface area contributed by atoms with E-state index in [0.717, 1.165) is 16.2 Å². The van der Waals surface area contributed by atoms with Crippen LogP contribution in [0.5, 0.6) is 0 Å². The Labute approximate surface area is 272 Å². The Kier molecular flexibility index (Phi) is 10.5. The van der Waals surface area contributed by atoms with Gasteiger partial charge in [0, 0.05) is 37.1 Å². The number of anilines is 2. The lowest BCUT2D eigenvalue weighted by molar-refractivity contribution is -0.114. The number of nitrogens with one attached hydrogen (secondary N) is 3. The third-order valence-corrected chi connectivity index (χ3v) is 8.32. The zero-order valence-electron chi connectivity index (χ0n) is 22.9. The lowest BCUT2D eigenvalue weighted by Crippen LogP contribution is -2.30. The van der Waals surface area contributed by atoms with Crippen LogP contribution in [0.4, 0.5) is 10.8 Å². The lowest BCUT2D eigenvalue weighted by atomic mass is 10.1. The molecule has 0 aliphatic carbocycles. The van der Waals surface area contributed by atoms with Crippen LogP contribution in [0.2, 0.25) is 10.0 Å². The molecule has 44 heavy (non-hydrogen) atoms. The topological polar surface area (TPSA) is 100 Å². The van der Waals surface area contributed by atoms with E-state index in [2.05, 4.69) is 20.9 Å². The smallest absolute Gasteiger partial charge is 0.272 e. The highest BCUT2D eigenvalue weighted by Gasteiger charge is 2.16. The molecule has 3 N–H and O–H groups in total. The van der Waals surface area contributed by atoms with Gasteiger partial charge in [0.1, 0.15) is 5.70 Å². The van der Waals surface area contributed by atoms with Crippen LogP contribution in [-0.4, -0.2) is 28.5 Å². The minimum Gasteiger partial charge on any atom is -0.321 e. The van der Waals surface area contributed by atoms with Crippen molar-refractivity contribution in [3.8, 4) is 11.3 Å². The molecule has 0 spiro atoms. The largest absolute Gasteiger partial charge is 0.321 e. The summed E-state index contributed by atoms with van der Waals surface area (Å²) in [7, 11) is 0. The number of benzene rings is 4. The van der Waals surface area contributed by atoms with Gasteiger partial charge in [-0.05, 0) is 66.2 Å². The van der Waals surface area contributed by atoms with Crippen molar-refractivity contribution in [2.75, 3.05) is 16.4 Å². The molecule has 0 fully saturated rings. The van der Waals surface area contributed by atoms with Gasteiger partial charge in [-0.3, -0.25) is 14.4 Å². The fraction of sp³-hybridized carbons (Fsp3) is 0.0303. The molecule has 0 saturated carbocycles. The van der Waals surface area contributed by atoms with Gasteiger partial charge in [0.2, 0.25) is 5.91 Å². The molecule has 0 aliphatic heterocycles. The maximum absolute atomic E-state index is 13.3. The van der Waals surface area contributed by atoms with E-state index >= 15 is 0 Å². The Morgan fingerprint density at radius 2 is 1.52 bits per heavy atom. The van der Waals surface area contributed by atoms with E-state index in [-0.39, 0.29) is 17.4 Å². The number of thioether (sulfide) groups is 1. The highest BCUT2D eigenvalue weighted by atomic mass is 35.5. The van der Waals surface area contributed by atoms with E-state index in [1.165, 1.54) is 23.1 Å². The summed E-state index contributed by atoms with van der Waals surface area (Å²) < 4.78 is 0. The Morgan fingerprint density at radius 3 is 2.25 bits per heavy atom. The van der Waals surface area contributed by atoms with Crippen molar-refractivity contribution in [3.05, 3.63) is 135 Å². The van der Waals surface area contributed by atoms with Crippen molar-refractivity contribution < 1.29 is 14.4 Å². The molecule has 11 heteroatoms. The summed E-state index contributed by atoms with van der Waals surface area (Å²) >= 11 is 14.6. The van der Waals surface area contributed by atoms with Gasteiger partial charge >= 0.3 is 0 Å². The monoisotopic (exact) mass is 658 g/mol. The minimum absolute atomic E-state index is 0.0556. The van der Waals surface area contributed by atoms with Gasteiger partial charge in [-0.1, -0.05) is 71.7 Å². The maximum atomic E-state index is 13.3. The van der Waals surface area contributed by atoms with Crippen LogP contribution in [0.15, 0.2) is 119 Å². The van der Waals surface area contributed by atoms with Gasteiger partial charge in [-0.25, -0.2) is 4.98 Å². The van der Waals surface area contributed by atoms with Gasteiger partial charge in [0.05, 0.1) is 11.4 Å². The fourth-order valence-electron chi connectivity index (χ4n) is 3.92. The highest BCUT2D eigenvalue weighted by molar-refractivity contribution is 8.00. The molecular formula is C33H24Cl2N4O3S2. The second kappa shape index (κ2) is 14.9. The number of thiazole rings is 1. The Bertz CT molecular complexity index is 1810. The summed E-state index contributed by atoms with van der Waals surface area (Å²) in [5, 5.41) is 12.0.